The molecule has 2 heterocycles. The summed E-state index contributed by atoms with van der Waals surface area (Å²) in [6.07, 6.45) is 4.95. The Balaban J connectivity index is 1.29. The fourth-order valence-corrected chi connectivity index (χ4v) is 5.73. The summed E-state index contributed by atoms with van der Waals surface area (Å²) in [5, 5.41) is 11.4. The number of amides is 1. The van der Waals surface area contributed by atoms with Crippen molar-refractivity contribution in [1.29, 1.82) is 0 Å². The molecule has 8 heteroatoms. The molecule has 2 fully saturated rings. The van der Waals surface area contributed by atoms with E-state index in [0.717, 1.165) is 18.2 Å². The average molecular weight is 452 g/mol. The molecule has 1 saturated heterocycles. The van der Waals surface area contributed by atoms with Gasteiger partial charge in [-0.1, -0.05) is 18.2 Å². The van der Waals surface area contributed by atoms with Crippen LogP contribution < -0.4 is 4.72 Å². The fourth-order valence-electron chi connectivity index (χ4n) is 4.49. The van der Waals surface area contributed by atoms with E-state index in [4.69, 9.17) is 0 Å². The molecule has 2 N–H and O–H groups in total. The maximum absolute atomic E-state index is 13.0. The monoisotopic (exact) mass is 451 g/mol. The number of aliphatic hydroxyl groups is 1. The lowest BCUT2D eigenvalue weighted by Gasteiger charge is -2.38. The number of pyridine rings is 1. The Morgan fingerprint density at radius 3 is 2.41 bits per heavy atom. The van der Waals surface area contributed by atoms with Crippen LogP contribution in [0.4, 0.5) is 5.69 Å². The highest BCUT2D eigenvalue weighted by Crippen LogP contribution is 2.45. The zero-order chi connectivity index (χ0) is 22.3. The first-order valence-electron chi connectivity index (χ1n) is 10.8. The average Bonchev–Trinajstić information content (AvgIpc) is 3.65. The maximum atomic E-state index is 13.0. The molecule has 32 heavy (non-hydrogen) atoms. The summed E-state index contributed by atoms with van der Waals surface area (Å²) in [4.78, 5) is 18.9. The fraction of sp³-hybridized carbons (Fsp3) is 0.333. The van der Waals surface area contributed by atoms with Crippen molar-refractivity contribution in [2.75, 3.05) is 17.8 Å². The molecule has 2 aliphatic rings. The van der Waals surface area contributed by atoms with E-state index in [1.54, 1.807) is 47.5 Å². The molecule has 0 spiro atoms. The number of benzene rings is 2. The summed E-state index contributed by atoms with van der Waals surface area (Å²) in [5.41, 5.74) is 0.661. The number of sulfonamides is 1. The van der Waals surface area contributed by atoms with Crippen molar-refractivity contribution in [3.05, 3.63) is 66.4 Å². The number of nitrogens with zero attached hydrogens (tertiary/aromatic N) is 2. The molecule has 1 saturated carbocycles. The van der Waals surface area contributed by atoms with E-state index in [-0.39, 0.29) is 10.8 Å². The largest absolute Gasteiger partial charge is 0.389 e. The van der Waals surface area contributed by atoms with Crippen LogP contribution in [0.2, 0.25) is 0 Å². The van der Waals surface area contributed by atoms with Gasteiger partial charge in [0.05, 0.1) is 11.1 Å². The Kier molecular flexibility index (Phi) is 5.14. The molecule has 1 amide bonds. The van der Waals surface area contributed by atoms with Gasteiger partial charge < -0.3 is 10.0 Å². The van der Waals surface area contributed by atoms with Crippen LogP contribution in [-0.4, -0.2) is 48.0 Å². The molecule has 5 rings (SSSR count). The topological polar surface area (TPSA) is 99.6 Å². The molecule has 0 bridgehead atoms. The molecule has 1 aromatic heterocycles. The molecule has 0 atom stereocenters. The number of carbonyl (C=O) groups excluding carboxylic acids is 1. The minimum absolute atomic E-state index is 0.101. The molecule has 166 valence electrons. The third kappa shape index (κ3) is 3.96. The Labute approximate surface area is 187 Å². The second-order valence-electron chi connectivity index (χ2n) is 8.68. The summed E-state index contributed by atoms with van der Waals surface area (Å²) < 4.78 is 28.5. The van der Waals surface area contributed by atoms with E-state index in [9.17, 15) is 18.3 Å². The highest BCUT2D eigenvalue weighted by atomic mass is 32.2. The van der Waals surface area contributed by atoms with Crippen LogP contribution in [-0.2, 0) is 10.0 Å². The summed E-state index contributed by atoms with van der Waals surface area (Å²) in [7, 11) is -3.84. The first-order valence-corrected chi connectivity index (χ1v) is 12.3. The van der Waals surface area contributed by atoms with Gasteiger partial charge in [-0.05, 0) is 68.0 Å². The van der Waals surface area contributed by atoms with E-state index in [0.29, 0.717) is 48.6 Å². The van der Waals surface area contributed by atoms with Crippen LogP contribution in [0.1, 0.15) is 36.0 Å². The Bertz CT molecular complexity index is 1260. The van der Waals surface area contributed by atoms with Crippen LogP contribution in [0, 0.1) is 5.92 Å². The van der Waals surface area contributed by atoms with Crippen molar-refractivity contribution >= 4 is 32.5 Å². The molecular weight excluding hydrogens is 426 g/mol. The van der Waals surface area contributed by atoms with E-state index in [2.05, 4.69) is 9.71 Å². The number of hydrogen-bond acceptors (Lipinski definition) is 5. The number of carbonyl (C=O) groups is 1. The Morgan fingerprint density at radius 2 is 1.72 bits per heavy atom. The molecule has 7 nitrogen and oxygen atoms in total. The summed E-state index contributed by atoms with van der Waals surface area (Å²) in [6, 6.07) is 15.0. The molecule has 3 aromatic rings. The maximum Gasteiger partial charge on any atom is 0.264 e. The molecule has 1 aliphatic carbocycles. The predicted octanol–water partition coefficient (Wildman–Crippen LogP) is 3.41. The first kappa shape index (κ1) is 20.9. The van der Waals surface area contributed by atoms with Gasteiger partial charge in [-0.2, -0.15) is 0 Å². The van der Waals surface area contributed by atoms with Crippen molar-refractivity contribution < 1.29 is 18.3 Å². The number of fused-ring (bicyclic) bond motifs is 1. The van der Waals surface area contributed by atoms with Crippen molar-refractivity contribution in [3.8, 4) is 0 Å². The highest BCUT2D eigenvalue weighted by Gasteiger charge is 2.45. The number of para-hydroxylation sites is 1. The third-order valence-electron chi connectivity index (χ3n) is 6.52. The van der Waals surface area contributed by atoms with Gasteiger partial charge in [-0.25, -0.2) is 8.42 Å². The number of aromatic nitrogens is 1. The number of anilines is 1. The van der Waals surface area contributed by atoms with Crippen LogP contribution in [0.3, 0.4) is 0 Å². The van der Waals surface area contributed by atoms with Gasteiger partial charge >= 0.3 is 0 Å². The van der Waals surface area contributed by atoms with Crippen LogP contribution in [0.5, 0.6) is 0 Å². The molecule has 1 aliphatic heterocycles. The van der Waals surface area contributed by atoms with Crippen molar-refractivity contribution in [2.24, 2.45) is 5.92 Å². The number of nitrogens with one attached hydrogen (secondary N) is 1. The normalized spacial score (nSPS) is 18.5. The lowest BCUT2D eigenvalue weighted by molar-refractivity contribution is -0.0339. The minimum atomic E-state index is -3.84. The number of likely N-dealkylation sites (tertiary alicyclic amines) is 1. The second kappa shape index (κ2) is 7.86. The van der Waals surface area contributed by atoms with Gasteiger partial charge in [0.15, 0.2) is 0 Å². The van der Waals surface area contributed by atoms with Crippen molar-refractivity contribution in [2.45, 2.75) is 36.2 Å². The molecule has 0 unspecified atom stereocenters. The third-order valence-corrected chi connectivity index (χ3v) is 7.94. The van der Waals surface area contributed by atoms with Gasteiger partial charge in [0.2, 0.25) is 0 Å². The highest BCUT2D eigenvalue weighted by molar-refractivity contribution is 7.93. The van der Waals surface area contributed by atoms with Crippen molar-refractivity contribution in [1.82, 2.24) is 9.88 Å². The zero-order valence-corrected chi connectivity index (χ0v) is 18.4. The standard InChI is InChI=1S/C24H25N3O4S/c28-23(27-15-12-24(29,13-16-27)19-8-9-19)18-6-10-20(11-7-18)26-32(30,31)21-5-1-3-17-4-2-14-25-22(17)21/h1-7,10-11,14,19,26,29H,8-9,12-13,15-16H2. The van der Waals surface area contributed by atoms with Crippen LogP contribution >= 0.6 is 0 Å². The predicted molar refractivity (Wildman–Crippen MR) is 122 cm³/mol. The van der Waals surface area contributed by atoms with Gasteiger partial charge in [-0.3, -0.25) is 14.5 Å². The molecule has 0 radical (unpaired) electrons. The quantitative estimate of drug-likeness (QED) is 0.619. The Hall–Kier alpha value is -2.97. The van der Waals surface area contributed by atoms with E-state index >= 15 is 0 Å². The summed E-state index contributed by atoms with van der Waals surface area (Å²) in [6.45, 7) is 1.07. The minimum Gasteiger partial charge on any atom is -0.389 e. The van der Waals surface area contributed by atoms with Gasteiger partial charge in [0.1, 0.15) is 4.90 Å². The smallest absolute Gasteiger partial charge is 0.264 e. The zero-order valence-electron chi connectivity index (χ0n) is 17.6. The lowest BCUT2D eigenvalue weighted by Crippen LogP contribution is -2.47. The van der Waals surface area contributed by atoms with Crippen molar-refractivity contribution in [3.63, 3.8) is 0 Å². The summed E-state index contributed by atoms with van der Waals surface area (Å²) in [5.74, 6) is 0.291. The lowest BCUT2D eigenvalue weighted by atomic mass is 9.86. The SMILES string of the molecule is O=C(c1ccc(NS(=O)(=O)c2cccc3cccnc23)cc1)N1CCC(O)(C2CC2)CC1. The van der Waals surface area contributed by atoms with E-state index < -0.39 is 15.6 Å². The second-order valence-corrected chi connectivity index (χ2v) is 10.3. The molecule has 2 aromatic carbocycles. The van der Waals surface area contributed by atoms with Gasteiger partial charge in [0, 0.05) is 35.9 Å². The first-order chi connectivity index (χ1) is 15.4. The van der Waals surface area contributed by atoms with Gasteiger partial charge in [-0.15, -0.1) is 0 Å². The number of hydrogen-bond donors (Lipinski definition) is 2. The van der Waals surface area contributed by atoms with Crippen LogP contribution in [0.25, 0.3) is 10.9 Å². The van der Waals surface area contributed by atoms with E-state index in [1.165, 1.54) is 6.07 Å². The van der Waals surface area contributed by atoms with E-state index in [1.807, 2.05) is 12.1 Å². The number of rotatable bonds is 5. The van der Waals surface area contributed by atoms with Gasteiger partial charge in [0.25, 0.3) is 15.9 Å². The molecular formula is C24H25N3O4S. The number of piperidine rings is 1. The van der Waals surface area contributed by atoms with Crippen LogP contribution in [0.15, 0.2) is 65.7 Å². The Morgan fingerprint density at radius 1 is 1.03 bits per heavy atom. The summed E-state index contributed by atoms with van der Waals surface area (Å²) >= 11 is 0.